The topological polar surface area (TPSA) is 49.6 Å². The zero-order chi connectivity index (χ0) is 19.3. The lowest BCUT2D eigenvalue weighted by Gasteiger charge is -2.36. The van der Waals surface area contributed by atoms with Gasteiger partial charge in [-0.2, -0.15) is 0 Å². The third kappa shape index (κ3) is 4.06. The van der Waals surface area contributed by atoms with Crippen molar-refractivity contribution in [2.45, 2.75) is 12.8 Å². The van der Waals surface area contributed by atoms with Crippen LogP contribution in [0.15, 0.2) is 65.4 Å². The monoisotopic (exact) mass is 379 g/mol. The first-order valence-corrected chi connectivity index (χ1v) is 9.47. The molecular formula is C22H22FN3O2. The van der Waals surface area contributed by atoms with Gasteiger partial charge in [-0.3, -0.25) is 4.79 Å². The fourth-order valence-electron chi connectivity index (χ4n) is 3.56. The van der Waals surface area contributed by atoms with E-state index < -0.39 is 0 Å². The number of hydrogen-bond acceptors (Lipinski definition) is 4. The average Bonchev–Trinajstić information content (AvgIpc) is 3.21. The van der Waals surface area contributed by atoms with Crippen LogP contribution in [0, 0.1) is 5.82 Å². The van der Waals surface area contributed by atoms with E-state index in [1.807, 2.05) is 23.1 Å². The van der Waals surface area contributed by atoms with Gasteiger partial charge in [0.2, 0.25) is 5.91 Å². The van der Waals surface area contributed by atoms with Gasteiger partial charge in [-0.25, -0.2) is 4.39 Å². The molecule has 4 rings (SSSR count). The fraction of sp³-hybridized carbons (Fsp3) is 0.273. The van der Waals surface area contributed by atoms with Crippen LogP contribution in [-0.2, 0) is 11.2 Å². The summed E-state index contributed by atoms with van der Waals surface area (Å²) in [5.41, 5.74) is 3.27. The van der Waals surface area contributed by atoms with Crippen LogP contribution in [0.2, 0.25) is 0 Å². The van der Waals surface area contributed by atoms with Crippen LogP contribution in [0.5, 0.6) is 0 Å². The number of anilines is 1. The van der Waals surface area contributed by atoms with Crippen molar-refractivity contribution in [3.05, 3.63) is 72.2 Å². The zero-order valence-electron chi connectivity index (χ0n) is 15.6. The molecule has 1 fully saturated rings. The van der Waals surface area contributed by atoms with Gasteiger partial charge in [0, 0.05) is 49.4 Å². The van der Waals surface area contributed by atoms with Crippen molar-refractivity contribution in [3.63, 3.8) is 0 Å². The smallest absolute Gasteiger partial charge is 0.223 e. The van der Waals surface area contributed by atoms with Gasteiger partial charge in [0.1, 0.15) is 17.8 Å². The number of benzene rings is 2. The molecule has 1 saturated heterocycles. The molecule has 0 atom stereocenters. The summed E-state index contributed by atoms with van der Waals surface area (Å²) in [6, 6.07) is 16.5. The summed E-state index contributed by atoms with van der Waals surface area (Å²) in [6.07, 6.45) is 2.45. The molecule has 144 valence electrons. The summed E-state index contributed by atoms with van der Waals surface area (Å²) < 4.78 is 18.6. The van der Waals surface area contributed by atoms with Gasteiger partial charge in [0.15, 0.2) is 0 Å². The average molecular weight is 379 g/mol. The van der Waals surface area contributed by atoms with Crippen molar-refractivity contribution in [2.75, 3.05) is 31.1 Å². The molecule has 5 nitrogen and oxygen atoms in total. The van der Waals surface area contributed by atoms with Crippen LogP contribution in [-0.4, -0.2) is 42.1 Å². The van der Waals surface area contributed by atoms with Gasteiger partial charge in [-0.1, -0.05) is 35.5 Å². The molecule has 1 aromatic heterocycles. The Morgan fingerprint density at radius 1 is 1.04 bits per heavy atom. The highest BCUT2D eigenvalue weighted by atomic mass is 19.1. The molecule has 0 N–H and O–H groups in total. The number of carbonyl (C=O) groups excluding carboxylic acids is 1. The Morgan fingerprint density at radius 2 is 1.82 bits per heavy atom. The van der Waals surface area contributed by atoms with E-state index in [1.54, 1.807) is 18.4 Å². The molecule has 1 aliphatic heterocycles. The quantitative estimate of drug-likeness (QED) is 0.677. The molecule has 0 bridgehead atoms. The first-order valence-electron chi connectivity index (χ1n) is 9.47. The van der Waals surface area contributed by atoms with Crippen molar-refractivity contribution in [1.29, 1.82) is 0 Å². The Morgan fingerprint density at radius 3 is 2.57 bits per heavy atom. The second-order valence-electron chi connectivity index (χ2n) is 6.90. The maximum absolute atomic E-state index is 13.5. The predicted molar refractivity (Wildman–Crippen MR) is 105 cm³/mol. The number of hydrogen-bond donors (Lipinski definition) is 0. The van der Waals surface area contributed by atoms with Gasteiger partial charge in [-0.05, 0) is 30.7 Å². The van der Waals surface area contributed by atoms with E-state index in [2.05, 4.69) is 22.2 Å². The van der Waals surface area contributed by atoms with Gasteiger partial charge >= 0.3 is 0 Å². The third-order valence-electron chi connectivity index (χ3n) is 5.10. The van der Waals surface area contributed by atoms with Crippen molar-refractivity contribution in [2.24, 2.45) is 0 Å². The molecule has 6 heteroatoms. The number of aromatic nitrogens is 1. The minimum atomic E-state index is -0.321. The van der Waals surface area contributed by atoms with Crippen LogP contribution in [0.3, 0.4) is 0 Å². The summed E-state index contributed by atoms with van der Waals surface area (Å²) in [5.74, 6) is -0.196. The van der Waals surface area contributed by atoms with E-state index in [0.717, 1.165) is 18.7 Å². The molecule has 3 aromatic rings. The Balaban J connectivity index is 1.33. The lowest BCUT2D eigenvalue weighted by atomic mass is 10.0. The van der Waals surface area contributed by atoms with Crippen molar-refractivity contribution in [3.8, 4) is 11.3 Å². The van der Waals surface area contributed by atoms with Gasteiger partial charge in [0.25, 0.3) is 0 Å². The first kappa shape index (κ1) is 18.2. The second-order valence-corrected chi connectivity index (χ2v) is 6.90. The summed E-state index contributed by atoms with van der Waals surface area (Å²) in [5, 5.41) is 3.99. The summed E-state index contributed by atoms with van der Waals surface area (Å²) in [4.78, 5) is 16.8. The number of aryl methyl sites for hydroxylation is 1. The molecule has 28 heavy (non-hydrogen) atoms. The van der Waals surface area contributed by atoms with E-state index >= 15 is 0 Å². The fourth-order valence-corrected chi connectivity index (χ4v) is 3.56. The minimum Gasteiger partial charge on any atom is -0.368 e. The van der Waals surface area contributed by atoms with Crippen LogP contribution >= 0.6 is 0 Å². The summed E-state index contributed by atoms with van der Waals surface area (Å²) in [7, 11) is 0. The number of piperazine rings is 1. The second kappa shape index (κ2) is 8.25. The van der Waals surface area contributed by atoms with Crippen LogP contribution in [0.1, 0.15) is 12.0 Å². The number of amides is 1. The largest absolute Gasteiger partial charge is 0.368 e. The Labute approximate surface area is 163 Å². The number of para-hydroxylation sites is 1. The normalized spacial score (nSPS) is 14.3. The molecule has 1 aliphatic rings. The lowest BCUT2D eigenvalue weighted by Crippen LogP contribution is -2.48. The van der Waals surface area contributed by atoms with Crippen molar-refractivity contribution < 1.29 is 13.7 Å². The molecule has 2 aromatic carbocycles. The SMILES string of the molecule is O=C(CCc1conc1-c1cccc(F)c1)N1CCN(c2ccccc2)CC1. The van der Waals surface area contributed by atoms with Crippen molar-refractivity contribution >= 4 is 11.6 Å². The maximum Gasteiger partial charge on any atom is 0.223 e. The zero-order valence-corrected chi connectivity index (χ0v) is 15.6. The molecule has 2 heterocycles. The molecule has 0 unspecified atom stereocenters. The Kier molecular flexibility index (Phi) is 5.37. The van der Waals surface area contributed by atoms with Crippen LogP contribution < -0.4 is 4.90 Å². The van der Waals surface area contributed by atoms with Crippen LogP contribution in [0.25, 0.3) is 11.3 Å². The highest BCUT2D eigenvalue weighted by Gasteiger charge is 2.22. The van der Waals surface area contributed by atoms with E-state index in [-0.39, 0.29) is 11.7 Å². The Hall–Kier alpha value is -3.15. The highest BCUT2D eigenvalue weighted by Crippen LogP contribution is 2.24. The van der Waals surface area contributed by atoms with E-state index in [0.29, 0.717) is 37.2 Å². The lowest BCUT2D eigenvalue weighted by molar-refractivity contribution is -0.131. The maximum atomic E-state index is 13.5. The Bertz CT molecular complexity index is 934. The highest BCUT2D eigenvalue weighted by molar-refractivity contribution is 5.77. The molecule has 0 radical (unpaired) electrons. The molecule has 0 spiro atoms. The summed E-state index contributed by atoms with van der Waals surface area (Å²) in [6.45, 7) is 3.09. The first-order chi connectivity index (χ1) is 13.7. The van der Waals surface area contributed by atoms with E-state index in [9.17, 15) is 9.18 Å². The number of nitrogens with zero attached hydrogens (tertiary/aromatic N) is 3. The van der Waals surface area contributed by atoms with E-state index in [4.69, 9.17) is 4.52 Å². The number of halogens is 1. The van der Waals surface area contributed by atoms with Gasteiger partial charge in [-0.15, -0.1) is 0 Å². The van der Waals surface area contributed by atoms with E-state index in [1.165, 1.54) is 17.8 Å². The minimum absolute atomic E-state index is 0.124. The predicted octanol–water partition coefficient (Wildman–Crippen LogP) is 3.76. The number of carbonyl (C=O) groups is 1. The standard InChI is InChI=1S/C22H22FN3O2/c23-19-6-4-5-17(15-19)22-18(16-28-24-22)9-10-21(27)26-13-11-25(12-14-26)20-7-2-1-3-8-20/h1-8,15-16H,9-14H2. The molecule has 1 amide bonds. The van der Waals surface area contributed by atoms with Crippen molar-refractivity contribution in [1.82, 2.24) is 10.1 Å². The molecular weight excluding hydrogens is 357 g/mol. The molecule has 0 saturated carbocycles. The van der Waals surface area contributed by atoms with Crippen LogP contribution in [0.4, 0.5) is 10.1 Å². The van der Waals surface area contributed by atoms with Gasteiger partial charge in [0.05, 0.1) is 0 Å². The number of rotatable bonds is 5. The third-order valence-corrected chi connectivity index (χ3v) is 5.10. The molecule has 0 aliphatic carbocycles. The van der Waals surface area contributed by atoms with Gasteiger partial charge < -0.3 is 14.3 Å². The summed E-state index contributed by atoms with van der Waals surface area (Å²) >= 11 is 0.